The molecule has 0 unspecified atom stereocenters. The highest BCUT2D eigenvalue weighted by Crippen LogP contribution is 2.29. The Hall–Kier alpha value is -2.42. The zero-order valence-electron chi connectivity index (χ0n) is 19.7. The number of piperidine rings is 1. The van der Waals surface area contributed by atoms with E-state index in [0.717, 1.165) is 35.8 Å². The van der Waals surface area contributed by atoms with Crippen LogP contribution in [0, 0.1) is 0 Å². The van der Waals surface area contributed by atoms with E-state index in [0.29, 0.717) is 43.3 Å². The van der Waals surface area contributed by atoms with Crippen molar-refractivity contribution < 1.29 is 13.2 Å². The van der Waals surface area contributed by atoms with E-state index in [4.69, 9.17) is 9.73 Å². The molecule has 7 nitrogen and oxygen atoms in total. The minimum atomic E-state index is -3.51. The van der Waals surface area contributed by atoms with Crippen molar-refractivity contribution in [3.63, 3.8) is 0 Å². The van der Waals surface area contributed by atoms with E-state index < -0.39 is 10.0 Å². The molecule has 0 saturated carbocycles. The Morgan fingerprint density at radius 2 is 1.76 bits per heavy atom. The smallest absolute Gasteiger partial charge is 0.243 e. The van der Waals surface area contributed by atoms with Crippen molar-refractivity contribution in [1.29, 1.82) is 0 Å². The Bertz CT molecular complexity index is 1070. The molecular weight excluding hydrogens is 436 g/mol. The molecule has 2 aliphatic rings. The number of benzene rings is 2. The number of nitrogens with zero attached hydrogens (tertiary/aromatic N) is 2. The van der Waals surface area contributed by atoms with Crippen LogP contribution in [0.1, 0.15) is 43.7 Å². The standard InChI is InChI=1S/C25H34N4O3S/c1-19(2)21-6-10-23(11-7-21)33(30,31)29-16-12-25(13-17-29)24(26-14-15-28-25)27-18-20-4-8-22(32-3)9-5-20/h4-11,19,28H,12-18H2,1-3H3,(H,26,27). The summed E-state index contributed by atoms with van der Waals surface area (Å²) >= 11 is 0. The van der Waals surface area contributed by atoms with E-state index in [1.165, 1.54) is 0 Å². The van der Waals surface area contributed by atoms with Gasteiger partial charge in [-0.1, -0.05) is 38.1 Å². The number of hydrogen-bond donors (Lipinski definition) is 2. The fourth-order valence-electron chi connectivity index (χ4n) is 4.55. The van der Waals surface area contributed by atoms with Crippen LogP contribution in [-0.4, -0.2) is 57.4 Å². The van der Waals surface area contributed by atoms with Crippen LogP contribution < -0.4 is 15.4 Å². The van der Waals surface area contributed by atoms with Crippen molar-refractivity contribution in [2.75, 3.05) is 33.3 Å². The first-order valence-electron chi connectivity index (χ1n) is 11.6. The molecule has 2 N–H and O–H groups in total. The number of hydrogen-bond acceptors (Lipinski definition) is 6. The van der Waals surface area contributed by atoms with E-state index in [2.05, 4.69) is 24.5 Å². The van der Waals surface area contributed by atoms with Crippen molar-refractivity contribution >= 4 is 15.9 Å². The minimum absolute atomic E-state index is 0.307. The van der Waals surface area contributed by atoms with Gasteiger partial charge in [-0.3, -0.25) is 4.99 Å². The van der Waals surface area contributed by atoms with Gasteiger partial charge in [-0.2, -0.15) is 4.31 Å². The molecule has 4 rings (SSSR count). The number of aliphatic imine (C=N–C) groups is 1. The lowest BCUT2D eigenvalue weighted by molar-refractivity contribution is 0.241. The lowest BCUT2D eigenvalue weighted by atomic mass is 9.85. The lowest BCUT2D eigenvalue weighted by Crippen LogP contribution is -2.64. The summed E-state index contributed by atoms with van der Waals surface area (Å²) in [5, 5.41) is 7.15. The number of ether oxygens (including phenoxy) is 1. The third-order valence-corrected chi connectivity index (χ3v) is 8.59. The zero-order valence-corrected chi connectivity index (χ0v) is 20.5. The van der Waals surface area contributed by atoms with Gasteiger partial charge in [0, 0.05) is 26.2 Å². The molecular formula is C25H34N4O3S. The van der Waals surface area contributed by atoms with E-state index in [-0.39, 0.29) is 5.54 Å². The molecule has 0 aromatic heterocycles. The minimum Gasteiger partial charge on any atom is -0.497 e. The molecule has 1 fully saturated rings. The highest BCUT2D eigenvalue weighted by atomic mass is 32.2. The summed E-state index contributed by atoms with van der Waals surface area (Å²) in [7, 11) is -1.85. The molecule has 1 saturated heterocycles. The third-order valence-electron chi connectivity index (χ3n) is 6.68. The van der Waals surface area contributed by atoms with Crippen LogP contribution in [-0.2, 0) is 16.6 Å². The topological polar surface area (TPSA) is 83.0 Å². The molecule has 0 bridgehead atoms. The van der Waals surface area contributed by atoms with Gasteiger partial charge in [-0.15, -0.1) is 0 Å². The van der Waals surface area contributed by atoms with Gasteiger partial charge in [0.25, 0.3) is 0 Å². The lowest BCUT2D eigenvalue weighted by Gasteiger charge is -2.44. The van der Waals surface area contributed by atoms with Crippen LogP contribution in [0.2, 0.25) is 0 Å². The molecule has 0 aliphatic carbocycles. The molecule has 2 aromatic rings. The number of methoxy groups -OCH3 is 1. The molecule has 0 amide bonds. The second-order valence-corrected chi connectivity index (χ2v) is 11.0. The largest absolute Gasteiger partial charge is 0.497 e. The summed E-state index contributed by atoms with van der Waals surface area (Å²) in [6.45, 7) is 7.32. The maximum absolute atomic E-state index is 13.2. The van der Waals surface area contributed by atoms with Crippen LogP contribution in [0.3, 0.4) is 0 Å². The predicted octanol–water partition coefficient (Wildman–Crippen LogP) is 3.13. The van der Waals surface area contributed by atoms with E-state index >= 15 is 0 Å². The molecule has 8 heteroatoms. The highest BCUT2D eigenvalue weighted by molar-refractivity contribution is 7.89. The molecule has 2 aliphatic heterocycles. The van der Waals surface area contributed by atoms with Gasteiger partial charge in [0.05, 0.1) is 24.1 Å². The number of rotatable bonds is 6. The van der Waals surface area contributed by atoms with Gasteiger partial charge in [-0.05, 0) is 54.2 Å². The number of sulfonamides is 1. The molecule has 0 atom stereocenters. The van der Waals surface area contributed by atoms with Gasteiger partial charge in [-0.25, -0.2) is 8.42 Å². The average molecular weight is 471 g/mol. The summed E-state index contributed by atoms with van der Waals surface area (Å²) in [6, 6.07) is 15.3. The number of nitrogens with one attached hydrogen (secondary N) is 2. The van der Waals surface area contributed by atoms with Crippen molar-refractivity contribution in [1.82, 2.24) is 14.9 Å². The molecule has 2 heterocycles. The first kappa shape index (κ1) is 23.7. The quantitative estimate of drug-likeness (QED) is 0.678. The van der Waals surface area contributed by atoms with Crippen LogP contribution in [0.25, 0.3) is 0 Å². The van der Waals surface area contributed by atoms with Gasteiger partial charge in [0.2, 0.25) is 10.0 Å². The van der Waals surface area contributed by atoms with Crippen LogP contribution in [0.5, 0.6) is 5.75 Å². The Morgan fingerprint density at radius 1 is 1.09 bits per heavy atom. The fourth-order valence-corrected chi connectivity index (χ4v) is 5.99. The van der Waals surface area contributed by atoms with Gasteiger partial charge in [0.1, 0.15) is 11.6 Å². The SMILES string of the molecule is COc1ccc(CNC2=NCCNC23CCN(S(=O)(=O)c2ccc(C(C)C)cc2)CC3)cc1. The maximum atomic E-state index is 13.2. The third kappa shape index (κ3) is 5.08. The maximum Gasteiger partial charge on any atom is 0.243 e. The second-order valence-electron chi connectivity index (χ2n) is 9.07. The highest BCUT2D eigenvalue weighted by Gasteiger charge is 2.43. The van der Waals surface area contributed by atoms with E-state index in [1.807, 2.05) is 36.4 Å². The molecule has 0 radical (unpaired) electrons. The summed E-state index contributed by atoms with van der Waals surface area (Å²) in [5.41, 5.74) is 1.98. The monoisotopic (exact) mass is 470 g/mol. The van der Waals surface area contributed by atoms with E-state index in [9.17, 15) is 8.42 Å². The first-order chi connectivity index (χ1) is 15.8. The second kappa shape index (κ2) is 9.83. The normalized spacial score (nSPS) is 18.8. The van der Waals surface area contributed by atoms with Crippen molar-refractivity contribution in [3.05, 3.63) is 59.7 Å². The molecule has 2 aromatic carbocycles. The Balaban J connectivity index is 1.42. The fraction of sp³-hybridized carbons (Fsp3) is 0.480. The van der Waals surface area contributed by atoms with Gasteiger partial charge >= 0.3 is 0 Å². The van der Waals surface area contributed by atoms with Gasteiger partial charge < -0.3 is 15.4 Å². The van der Waals surface area contributed by atoms with Crippen molar-refractivity contribution in [3.8, 4) is 5.75 Å². The Morgan fingerprint density at radius 3 is 2.36 bits per heavy atom. The van der Waals surface area contributed by atoms with Crippen LogP contribution in [0.4, 0.5) is 0 Å². The Kier molecular flexibility index (Phi) is 7.07. The molecule has 33 heavy (non-hydrogen) atoms. The summed E-state index contributed by atoms with van der Waals surface area (Å²) in [5.74, 6) is 2.14. The summed E-state index contributed by atoms with van der Waals surface area (Å²) < 4.78 is 33.3. The van der Waals surface area contributed by atoms with Crippen LogP contribution in [0.15, 0.2) is 58.4 Å². The Labute approximate surface area is 197 Å². The van der Waals surface area contributed by atoms with Crippen molar-refractivity contribution in [2.45, 2.75) is 49.6 Å². The van der Waals surface area contributed by atoms with E-state index in [1.54, 1.807) is 23.5 Å². The predicted molar refractivity (Wildman–Crippen MR) is 131 cm³/mol. The van der Waals surface area contributed by atoms with Gasteiger partial charge in [0.15, 0.2) is 0 Å². The van der Waals surface area contributed by atoms with Crippen LogP contribution >= 0.6 is 0 Å². The summed E-state index contributed by atoms with van der Waals surface area (Å²) in [4.78, 5) is 5.14. The zero-order chi connectivity index (χ0) is 23.5. The summed E-state index contributed by atoms with van der Waals surface area (Å²) in [6.07, 6.45) is 1.37. The molecule has 1 spiro atoms. The average Bonchev–Trinajstić information content (AvgIpc) is 2.84. The van der Waals surface area contributed by atoms with Crippen molar-refractivity contribution in [2.24, 2.45) is 4.99 Å². The molecule has 178 valence electrons. The first-order valence-corrected chi connectivity index (χ1v) is 13.0. The number of amidine groups is 1.